The molecule has 0 aliphatic carbocycles. The van der Waals surface area contributed by atoms with Crippen molar-refractivity contribution in [3.8, 4) is 5.75 Å². The van der Waals surface area contributed by atoms with Crippen LogP contribution in [-0.2, 0) is 20.7 Å². The molecule has 0 bridgehead atoms. The van der Waals surface area contributed by atoms with E-state index in [0.29, 0.717) is 22.9 Å². The number of amides is 1. The number of nitrogens with one attached hydrogen (secondary N) is 1. The van der Waals surface area contributed by atoms with E-state index in [9.17, 15) is 9.59 Å². The first-order valence-corrected chi connectivity index (χ1v) is 9.04. The number of allylic oxidation sites excluding steroid dienone is 2. The molecule has 0 aromatic heterocycles. The van der Waals surface area contributed by atoms with Crippen molar-refractivity contribution in [2.75, 3.05) is 13.7 Å². The van der Waals surface area contributed by atoms with Crippen LogP contribution in [0.5, 0.6) is 5.75 Å². The Kier molecular flexibility index (Phi) is 7.97. The summed E-state index contributed by atoms with van der Waals surface area (Å²) in [4.78, 5) is 28.7. The van der Waals surface area contributed by atoms with Crippen LogP contribution in [0.4, 0.5) is 5.69 Å². The lowest BCUT2D eigenvalue weighted by atomic mass is 10.1. The number of carbonyl (C=O) groups excluding carboxylic acids is 2. The minimum absolute atomic E-state index is 0.0393. The van der Waals surface area contributed by atoms with Crippen LogP contribution >= 0.6 is 0 Å². The van der Waals surface area contributed by atoms with Gasteiger partial charge in [0.15, 0.2) is 6.61 Å². The lowest BCUT2D eigenvalue weighted by Crippen LogP contribution is -2.32. The highest BCUT2D eigenvalue weighted by Gasteiger charge is 2.13. The Morgan fingerprint density at radius 3 is 2.45 bits per heavy atom. The van der Waals surface area contributed by atoms with Crippen molar-refractivity contribution in [1.29, 1.82) is 0 Å². The van der Waals surface area contributed by atoms with Crippen molar-refractivity contribution in [2.24, 2.45) is 10.7 Å². The lowest BCUT2D eigenvalue weighted by molar-refractivity contribution is -0.147. The fourth-order valence-electron chi connectivity index (χ4n) is 2.55. The largest absolute Gasteiger partial charge is 0.497 e. The molecule has 3 N–H and O–H groups in total. The molecule has 2 aromatic carbocycles. The molecule has 0 aliphatic rings. The fourth-order valence-corrected chi connectivity index (χ4v) is 2.55. The molecule has 0 saturated heterocycles. The molecule has 2 rings (SSSR count). The third-order valence-corrected chi connectivity index (χ3v) is 3.92. The van der Waals surface area contributed by atoms with Crippen molar-refractivity contribution in [1.82, 2.24) is 5.32 Å². The number of nitrogens with zero attached hydrogens (tertiary/aromatic N) is 1. The highest BCUT2D eigenvalue weighted by Crippen LogP contribution is 2.14. The summed E-state index contributed by atoms with van der Waals surface area (Å²) in [5.74, 6) is -0.362. The third-order valence-electron chi connectivity index (χ3n) is 3.92. The van der Waals surface area contributed by atoms with E-state index >= 15 is 0 Å². The molecule has 0 unspecified atom stereocenters. The molecule has 0 heterocycles. The molecule has 0 radical (unpaired) electrons. The number of benzene rings is 2. The first-order chi connectivity index (χ1) is 13.9. The second-order valence-electron chi connectivity index (χ2n) is 6.33. The van der Waals surface area contributed by atoms with Crippen molar-refractivity contribution in [2.45, 2.75) is 20.3 Å². The number of aliphatic imine (C=N–C) groups is 1. The Balaban J connectivity index is 1.93. The molecule has 0 atom stereocenters. The van der Waals surface area contributed by atoms with Gasteiger partial charge < -0.3 is 20.5 Å². The third kappa shape index (κ3) is 7.14. The lowest BCUT2D eigenvalue weighted by Gasteiger charge is -2.12. The van der Waals surface area contributed by atoms with Crippen LogP contribution < -0.4 is 15.8 Å². The number of para-hydroxylation sites is 1. The van der Waals surface area contributed by atoms with E-state index in [2.05, 4.69) is 10.3 Å². The second-order valence-corrected chi connectivity index (χ2v) is 6.33. The molecule has 7 nitrogen and oxygen atoms in total. The maximum atomic E-state index is 12.2. The van der Waals surface area contributed by atoms with Crippen LogP contribution in [0.25, 0.3) is 0 Å². The van der Waals surface area contributed by atoms with E-state index in [-0.39, 0.29) is 6.42 Å². The quantitative estimate of drug-likeness (QED) is 0.528. The van der Waals surface area contributed by atoms with E-state index < -0.39 is 18.5 Å². The van der Waals surface area contributed by atoms with E-state index in [4.69, 9.17) is 15.2 Å². The molecule has 0 fully saturated rings. The predicted octanol–water partition coefficient (Wildman–Crippen LogP) is 2.88. The van der Waals surface area contributed by atoms with Gasteiger partial charge in [0.25, 0.3) is 5.91 Å². The Hall–Kier alpha value is -3.61. The smallest absolute Gasteiger partial charge is 0.310 e. The molecule has 29 heavy (non-hydrogen) atoms. The summed E-state index contributed by atoms with van der Waals surface area (Å²) < 4.78 is 10.2. The van der Waals surface area contributed by atoms with Gasteiger partial charge in [0.2, 0.25) is 0 Å². The molecule has 1 amide bonds. The summed E-state index contributed by atoms with van der Waals surface area (Å²) in [6.45, 7) is 2.99. The van der Waals surface area contributed by atoms with E-state index in [1.807, 2.05) is 30.3 Å². The molecule has 7 heteroatoms. The van der Waals surface area contributed by atoms with Crippen molar-refractivity contribution >= 4 is 23.3 Å². The number of nitrogens with two attached hydrogens (primary N) is 1. The highest BCUT2D eigenvalue weighted by atomic mass is 16.5. The summed E-state index contributed by atoms with van der Waals surface area (Å²) in [6, 6.07) is 16.4. The average molecular weight is 395 g/mol. The van der Waals surface area contributed by atoms with Crippen LogP contribution in [0.15, 0.2) is 71.0 Å². The van der Waals surface area contributed by atoms with Gasteiger partial charge >= 0.3 is 5.97 Å². The van der Waals surface area contributed by atoms with Gasteiger partial charge in [0.05, 0.1) is 30.6 Å². The maximum absolute atomic E-state index is 12.2. The molecule has 152 valence electrons. The zero-order valence-electron chi connectivity index (χ0n) is 16.8. The summed E-state index contributed by atoms with van der Waals surface area (Å²) in [6.07, 6.45) is 0.0393. The number of hydrogen-bond donors (Lipinski definition) is 2. The van der Waals surface area contributed by atoms with Crippen LogP contribution in [0.3, 0.4) is 0 Å². The van der Waals surface area contributed by atoms with Gasteiger partial charge in [-0.1, -0.05) is 30.3 Å². The summed E-state index contributed by atoms with van der Waals surface area (Å²) in [5, 5.41) is 2.66. The normalized spacial score (nSPS) is 12.0. The summed E-state index contributed by atoms with van der Waals surface area (Å²) in [5.41, 5.74) is 8.70. The highest BCUT2D eigenvalue weighted by molar-refractivity contribution is 6.03. The monoisotopic (exact) mass is 395 g/mol. The Bertz CT molecular complexity index is 917. The molecule has 0 spiro atoms. The van der Waals surface area contributed by atoms with Crippen LogP contribution in [0, 0.1) is 0 Å². The number of rotatable bonds is 8. The van der Waals surface area contributed by atoms with Crippen LogP contribution in [0.1, 0.15) is 19.4 Å². The SMILES string of the molecule is COc1cccc(CC(=O)OCC(=O)NC(C(C)=Nc2ccccc2)=C(C)N)c1. The minimum Gasteiger partial charge on any atom is -0.497 e. The van der Waals surface area contributed by atoms with Gasteiger partial charge in [-0.15, -0.1) is 0 Å². The molecule has 0 aliphatic heterocycles. The molecular formula is C22H25N3O4. The zero-order valence-corrected chi connectivity index (χ0v) is 16.8. The summed E-state index contributed by atoms with van der Waals surface area (Å²) >= 11 is 0. The van der Waals surface area contributed by atoms with E-state index in [1.54, 1.807) is 45.2 Å². The first-order valence-electron chi connectivity index (χ1n) is 9.04. The van der Waals surface area contributed by atoms with E-state index in [1.165, 1.54) is 0 Å². The van der Waals surface area contributed by atoms with Gasteiger partial charge in [-0.3, -0.25) is 14.6 Å². The number of ether oxygens (including phenoxy) is 2. The van der Waals surface area contributed by atoms with Crippen molar-refractivity contribution in [3.63, 3.8) is 0 Å². The number of hydrogen-bond acceptors (Lipinski definition) is 6. The Morgan fingerprint density at radius 2 is 1.79 bits per heavy atom. The average Bonchev–Trinajstić information content (AvgIpc) is 2.71. The van der Waals surface area contributed by atoms with Crippen LogP contribution in [0.2, 0.25) is 0 Å². The Morgan fingerprint density at radius 1 is 1.07 bits per heavy atom. The Labute approximate surface area is 170 Å². The molecule has 0 saturated carbocycles. The van der Waals surface area contributed by atoms with E-state index in [0.717, 1.165) is 11.3 Å². The maximum Gasteiger partial charge on any atom is 0.310 e. The topological polar surface area (TPSA) is 103 Å². The van der Waals surface area contributed by atoms with Crippen molar-refractivity contribution in [3.05, 3.63) is 71.6 Å². The van der Waals surface area contributed by atoms with Crippen LogP contribution in [-0.4, -0.2) is 31.3 Å². The second kappa shape index (κ2) is 10.7. The number of carbonyl (C=O) groups is 2. The zero-order chi connectivity index (χ0) is 21.2. The van der Waals surface area contributed by atoms with Gasteiger partial charge in [-0.25, -0.2) is 0 Å². The van der Waals surface area contributed by atoms with Gasteiger partial charge in [-0.05, 0) is 43.7 Å². The van der Waals surface area contributed by atoms with Gasteiger partial charge in [0.1, 0.15) is 5.75 Å². The van der Waals surface area contributed by atoms with Crippen molar-refractivity contribution < 1.29 is 19.1 Å². The summed E-state index contributed by atoms with van der Waals surface area (Å²) in [7, 11) is 1.55. The fraction of sp³-hybridized carbons (Fsp3) is 0.227. The van der Waals surface area contributed by atoms with Gasteiger partial charge in [0, 0.05) is 5.70 Å². The predicted molar refractivity (Wildman–Crippen MR) is 112 cm³/mol. The molecular weight excluding hydrogens is 370 g/mol. The number of esters is 1. The number of methoxy groups -OCH3 is 1. The minimum atomic E-state index is -0.516. The first kappa shape index (κ1) is 21.7. The standard InChI is InChI=1S/C22H25N3O4/c1-15(23)22(16(2)24-18-9-5-4-6-10-18)25-20(26)14-29-21(27)13-17-8-7-11-19(12-17)28-3/h4-12H,13-14,23H2,1-3H3,(H,25,26). The van der Waals surface area contributed by atoms with Gasteiger partial charge in [-0.2, -0.15) is 0 Å². The molecule has 2 aromatic rings.